The monoisotopic (exact) mass is 337 g/mol. The molecule has 0 fully saturated rings. The molecule has 0 aliphatic rings. The van der Waals surface area contributed by atoms with Gasteiger partial charge in [-0.2, -0.15) is 5.26 Å². The number of nitrogens with one attached hydrogen (secondary N) is 1. The minimum absolute atomic E-state index is 0.238. The van der Waals surface area contributed by atoms with E-state index < -0.39 is 0 Å². The third-order valence-corrected chi connectivity index (χ3v) is 3.90. The molecule has 24 heavy (non-hydrogen) atoms. The van der Waals surface area contributed by atoms with Gasteiger partial charge in [-0.1, -0.05) is 18.2 Å². The standard InChI is InChI=1S/C18H12ClN3O2/c19-9-17(24)22(13-7-5-12(10-20)6-8-13)18-14-3-1-2-4-15(14)21-16(18)11-23/h1-8,11,21H,9H2. The number of fused-ring (bicyclic) bond motifs is 1. The first-order valence-corrected chi connectivity index (χ1v) is 7.68. The number of hydrogen-bond acceptors (Lipinski definition) is 3. The van der Waals surface area contributed by atoms with Crippen LogP contribution in [0.5, 0.6) is 0 Å². The molecule has 0 spiro atoms. The van der Waals surface area contributed by atoms with Gasteiger partial charge in [0.15, 0.2) is 6.29 Å². The van der Waals surface area contributed by atoms with Gasteiger partial charge in [0.2, 0.25) is 5.91 Å². The van der Waals surface area contributed by atoms with Crippen molar-refractivity contribution < 1.29 is 9.59 Å². The van der Waals surface area contributed by atoms with Gasteiger partial charge in [0.1, 0.15) is 11.6 Å². The molecule has 0 bridgehead atoms. The number of aromatic nitrogens is 1. The van der Waals surface area contributed by atoms with E-state index >= 15 is 0 Å². The van der Waals surface area contributed by atoms with Crippen molar-refractivity contribution in [1.82, 2.24) is 4.98 Å². The lowest BCUT2D eigenvalue weighted by Crippen LogP contribution is -2.27. The summed E-state index contributed by atoms with van der Waals surface area (Å²) >= 11 is 5.78. The van der Waals surface area contributed by atoms with Crippen molar-refractivity contribution in [2.24, 2.45) is 0 Å². The summed E-state index contributed by atoms with van der Waals surface area (Å²) in [6.07, 6.45) is 0.674. The highest BCUT2D eigenvalue weighted by Gasteiger charge is 2.24. The number of alkyl halides is 1. The molecule has 0 aliphatic heterocycles. The summed E-state index contributed by atoms with van der Waals surface area (Å²) in [5, 5.41) is 9.67. The Hall–Kier alpha value is -3.10. The second kappa shape index (κ2) is 6.57. The first-order chi connectivity index (χ1) is 11.7. The maximum Gasteiger partial charge on any atom is 0.246 e. The zero-order valence-corrected chi connectivity index (χ0v) is 13.2. The lowest BCUT2D eigenvalue weighted by atomic mass is 10.1. The summed E-state index contributed by atoms with van der Waals surface area (Å²) in [5.74, 6) is -0.605. The Kier molecular flexibility index (Phi) is 4.32. The van der Waals surface area contributed by atoms with Gasteiger partial charge < -0.3 is 4.98 Å². The molecular formula is C18H12ClN3O2. The van der Waals surface area contributed by atoms with Gasteiger partial charge in [0.25, 0.3) is 0 Å². The summed E-state index contributed by atoms with van der Waals surface area (Å²) in [6, 6.07) is 15.9. The van der Waals surface area contributed by atoms with Gasteiger partial charge in [-0.05, 0) is 30.3 Å². The minimum Gasteiger partial charge on any atom is -0.351 e. The smallest absolute Gasteiger partial charge is 0.246 e. The summed E-state index contributed by atoms with van der Waals surface area (Å²) in [7, 11) is 0. The molecule has 1 N–H and O–H groups in total. The molecule has 3 aromatic rings. The Balaban J connectivity index is 2.25. The zero-order chi connectivity index (χ0) is 17.1. The number of hydrogen-bond donors (Lipinski definition) is 1. The molecule has 1 amide bonds. The fourth-order valence-corrected chi connectivity index (χ4v) is 2.74. The van der Waals surface area contributed by atoms with Crippen molar-refractivity contribution in [1.29, 1.82) is 5.26 Å². The number of carbonyl (C=O) groups excluding carboxylic acids is 2. The van der Waals surface area contributed by atoms with Crippen LogP contribution >= 0.6 is 11.6 Å². The summed E-state index contributed by atoms with van der Waals surface area (Å²) in [5.41, 5.74) is 2.50. The van der Waals surface area contributed by atoms with Crippen molar-refractivity contribution in [3.63, 3.8) is 0 Å². The number of halogens is 1. The number of anilines is 2. The molecule has 6 heteroatoms. The maximum atomic E-state index is 12.5. The Morgan fingerprint density at radius 2 is 1.92 bits per heavy atom. The third-order valence-electron chi connectivity index (χ3n) is 3.67. The van der Waals surface area contributed by atoms with E-state index in [2.05, 4.69) is 4.98 Å². The number of rotatable bonds is 4. The lowest BCUT2D eigenvalue weighted by Gasteiger charge is -2.22. The van der Waals surface area contributed by atoms with Crippen LogP contribution in [0.25, 0.3) is 10.9 Å². The molecule has 2 aromatic carbocycles. The fourth-order valence-electron chi connectivity index (χ4n) is 2.62. The SMILES string of the molecule is N#Cc1ccc(N(C(=O)CCl)c2c(C=O)[nH]c3ccccc23)cc1. The molecule has 118 valence electrons. The molecule has 1 aromatic heterocycles. The number of amides is 1. The van der Waals surface area contributed by atoms with Crippen molar-refractivity contribution in [2.75, 3.05) is 10.8 Å². The highest BCUT2D eigenvalue weighted by atomic mass is 35.5. The van der Waals surface area contributed by atoms with Crippen LogP contribution in [0.3, 0.4) is 0 Å². The zero-order valence-electron chi connectivity index (χ0n) is 12.5. The Morgan fingerprint density at radius 1 is 1.21 bits per heavy atom. The van der Waals surface area contributed by atoms with Crippen LogP contribution in [-0.4, -0.2) is 23.1 Å². The minimum atomic E-state index is -0.366. The van der Waals surface area contributed by atoms with E-state index in [1.807, 2.05) is 30.3 Å². The first-order valence-electron chi connectivity index (χ1n) is 7.14. The Morgan fingerprint density at radius 3 is 2.54 bits per heavy atom. The predicted molar refractivity (Wildman–Crippen MR) is 92.7 cm³/mol. The number of nitrogens with zero attached hydrogens (tertiary/aromatic N) is 2. The molecule has 0 aliphatic carbocycles. The number of aromatic amines is 1. The highest BCUT2D eigenvalue weighted by Crippen LogP contribution is 2.35. The summed E-state index contributed by atoms with van der Waals surface area (Å²) in [6.45, 7) is 0. The lowest BCUT2D eigenvalue weighted by molar-refractivity contribution is -0.115. The van der Waals surface area contributed by atoms with E-state index in [0.717, 1.165) is 10.9 Å². The van der Waals surface area contributed by atoms with E-state index in [4.69, 9.17) is 16.9 Å². The highest BCUT2D eigenvalue weighted by molar-refractivity contribution is 6.31. The molecule has 0 saturated carbocycles. The molecule has 0 radical (unpaired) electrons. The topological polar surface area (TPSA) is 77.0 Å². The van der Waals surface area contributed by atoms with Crippen LogP contribution in [0.4, 0.5) is 11.4 Å². The van der Waals surface area contributed by atoms with Gasteiger partial charge >= 0.3 is 0 Å². The molecule has 0 saturated heterocycles. The van der Waals surface area contributed by atoms with Crippen LogP contribution in [0.1, 0.15) is 16.1 Å². The van der Waals surface area contributed by atoms with Gasteiger partial charge in [-0.3, -0.25) is 14.5 Å². The second-order valence-corrected chi connectivity index (χ2v) is 5.34. The molecular weight excluding hydrogens is 326 g/mol. The molecule has 5 nitrogen and oxygen atoms in total. The molecule has 0 atom stereocenters. The quantitative estimate of drug-likeness (QED) is 0.581. The Labute approximate surface area is 143 Å². The molecule has 1 heterocycles. The summed E-state index contributed by atoms with van der Waals surface area (Å²) in [4.78, 5) is 28.4. The maximum absolute atomic E-state index is 12.5. The average molecular weight is 338 g/mol. The second-order valence-electron chi connectivity index (χ2n) is 5.07. The van der Waals surface area contributed by atoms with Crippen LogP contribution in [0.2, 0.25) is 0 Å². The van der Waals surface area contributed by atoms with E-state index in [1.165, 1.54) is 4.90 Å². The van der Waals surface area contributed by atoms with E-state index in [9.17, 15) is 9.59 Å². The van der Waals surface area contributed by atoms with Crippen molar-refractivity contribution >= 4 is 46.1 Å². The van der Waals surface area contributed by atoms with Gasteiger partial charge in [-0.25, -0.2) is 0 Å². The van der Waals surface area contributed by atoms with Crippen molar-refractivity contribution in [2.45, 2.75) is 0 Å². The van der Waals surface area contributed by atoms with E-state index in [0.29, 0.717) is 28.9 Å². The van der Waals surface area contributed by atoms with Crippen molar-refractivity contribution in [3.05, 3.63) is 59.8 Å². The number of benzene rings is 2. The van der Waals surface area contributed by atoms with Crippen LogP contribution in [-0.2, 0) is 4.79 Å². The largest absolute Gasteiger partial charge is 0.351 e. The third kappa shape index (κ3) is 2.64. The predicted octanol–water partition coefficient (Wildman–Crippen LogP) is 3.76. The Bertz CT molecular complexity index is 955. The molecule has 0 unspecified atom stereocenters. The number of nitriles is 1. The van der Waals surface area contributed by atoms with Gasteiger partial charge in [0.05, 0.1) is 17.3 Å². The van der Waals surface area contributed by atoms with Crippen LogP contribution in [0, 0.1) is 11.3 Å². The molecule has 3 rings (SSSR count). The summed E-state index contributed by atoms with van der Waals surface area (Å²) < 4.78 is 0. The van der Waals surface area contributed by atoms with Crippen LogP contribution < -0.4 is 4.90 Å². The van der Waals surface area contributed by atoms with Gasteiger partial charge in [-0.15, -0.1) is 11.6 Å². The first kappa shape index (κ1) is 15.8. The van der Waals surface area contributed by atoms with E-state index in [-0.39, 0.29) is 11.8 Å². The van der Waals surface area contributed by atoms with Gasteiger partial charge in [0, 0.05) is 16.6 Å². The normalized spacial score (nSPS) is 10.3. The number of para-hydroxylation sites is 1. The van der Waals surface area contributed by atoms with E-state index in [1.54, 1.807) is 24.3 Å². The van der Waals surface area contributed by atoms with Crippen LogP contribution in [0.15, 0.2) is 48.5 Å². The van der Waals surface area contributed by atoms with Crippen molar-refractivity contribution in [3.8, 4) is 6.07 Å². The number of carbonyl (C=O) groups is 2. The fraction of sp³-hybridized carbons (Fsp3) is 0.0556. The number of H-pyrrole nitrogens is 1. The number of aldehydes is 1. The average Bonchev–Trinajstić information content (AvgIpc) is 3.01.